The molecule has 4 nitrogen and oxygen atoms in total. The van der Waals surface area contributed by atoms with E-state index >= 15 is 0 Å². The maximum Gasteiger partial charge on any atom is 0.0919 e. The first kappa shape index (κ1) is 11.0. The summed E-state index contributed by atoms with van der Waals surface area (Å²) in [6.07, 6.45) is 8.62. The topological polar surface area (TPSA) is 54.5 Å². The van der Waals surface area contributed by atoms with Gasteiger partial charge in [0.05, 0.1) is 17.7 Å². The van der Waals surface area contributed by atoms with E-state index in [1.807, 2.05) is 36.4 Å². The van der Waals surface area contributed by atoms with Crippen molar-refractivity contribution >= 4 is 0 Å². The predicted molar refractivity (Wildman–Crippen MR) is 66.1 cm³/mol. The Hall–Kier alpha value is -2.49. The summed E-state index contributed by atoms with van der Waals surface area (Å²) in [5, 5.41) is 0. The lowest BCUT2D eigenvalue weighted by Gasteiger charge is -1.96. The molecule has 3 heterocycles. The van der Waals surface area contributed by atoms with Gasteiger partial charge in [0.1, 0.15) is 0 Å². The molecule has 0 aromatic carbocycles. The summed E-state index contributed by atoms with van der Waals surface area (Å²) in [7, 11) is 0. The normalized spacial score (nSPS) is 9.18. The SMILES string of the molecule is c1c[nH]cn1.c1ccc(-c2ccccn2)nc1. The number of pyridine rings is 2. The van der Waals surface area contributed by atoms with E-state index in [0.29, 0.717) is 0 Å². The van der Waals surface area contributed by atoms with Crippen LogP contribution in [0.25, 0.3) is 11.4 Å². The summed E-state index contributed by atoms with van der Waals surface area (Å²) in [6, 6.07) is 11.6. The number of nitrogens with zero attached hydrogens (tertiary/aromatic N) is 3. The molecule has 0 saturated heterocycles. The summed E-state index contributed by atoms with van der Waals surface area (Å²) in [6.45, 7) is 0. The van der Waals surface area contributed by atoms with Gasteiger partial charge in [-0.1, -0.05) is 12.1 Å². The van der Waals surface area contributed by atoms with Gasteiger partial charge in [0.15, 0.2) is 0 Å². The van der Waals surface area contributed by atoms with Gasteiger partial charge in [0.25, 0.3) is 0 Å². The number of hydrogen-bond donors (Lipinski definition) is 1. The Morgan fingerprint density at radius 1 is 0.765 bits per heavy atom. The van der Waals surface area contributed by atoms with Crippen molar-refractivity contribution in [1.29, 1.82) is 0 Å². The Kier molecular flexibility index (Phi) is 4.00. The van der Waals surface area contributed by atoms with Gasteiger partial charge in [-0.25, -0.2) is 4.98 Å². The van der Waals surface area contributed by atoms with Crippen LogP contribution in [0.5, 0.6) is 0 Å². The molecule has 0 bridgehead atoms. The highest BCUT2D eigenvalue weighted by Crippen LogP contribution is 2.10. The molecule has 4 heteroatoms. The van der Waals surface area contributed by atoms with Crippen LogP contribution in [-0.2, 0) is 0 Å². The fraction of sp³-hybridized carbons (Fsp3) is 0. The van der Waals surface area contributed by atoms with Crippen LogP contribution in [-0.4, -0.2) is 19.9 Å². The fourth-order valence-electron chi connectivity index (χ4n) is 1.24. The largest absolute Gasteiger partial charge is 0.351 e. The van der Waals surface area contributed by atoms with Gasteiger partial charge < -0.3 is 4.98 Å². The summed E-state index contributed by atoms with van der Waals surface area (Å²) in [5.74, 6) is 0. The third-order valence-electron chi connectivity index (χ3n) is 2.00. The first-order chi connectivity index (χ1) is 8.47. The Morgan fingerprint density at radius 2 is 1.41 bits per heavy atom. The first-order valence-corrected chi connectivity index (χ1v) is 5.22. The van der Waals surface area contributed by atoms with E-state index in [1.54, 1.807) is 31.1 Å². The molecule has 0 aliphatic carbocycles. The molecule has 0 radical (unpaired) electrons. The summed E-state index contributed by atoms with van der Waals surface area (Å²) >= 11 is 0. The average molecular weight is 224 g/mol. The molecule has 0 amide bonds. The molecule has 0 atom stereocenters. The number of hydrogen-bond acceptors (Lipinski definition) is 3. The lowest BCUT2D eigenvalue weighted by atomic mass is 10.2. The van der Waals surface area contributed by atoms with Gasteiger partial charge >= 0.3 is 0 Å². The molecule has 3 aromatic heterocycles. The molecule has 0 unspecified atom stereocenters. The molecule has 0 aliphatic rings. The van der Waals surface area contributed by atoms with Crippen LogP contribution in [0, 0.1) is 0 Å². The standard InChI is InChI=1S/C10H8N2.C3H4N2/c1-3-7-11-9(5-1)10-6-2-4-8-12-10;1-2-5-3-4-1/h1-8H;1-3H,(H,4,5). The van der Waals surface area contributed by atoms with E-state index in [4.69, 9.17) is 0 Å². The van der Waals surface area contributed by atoms with Gasteiger partial charge in [0.2, 0.25) is 0 Å². The third-order valence-corrected chi connectivity index (χ3v) is 2.00. The van der Waals surface area contributed by atoms with Crippen LogP contribution in [0.4, 0.5) is 0 Å². The van der Waals surface area contributed by atoms with E-state index < -0.39 is 0 Å². The Morgan fingerprint density at radius 3 is 1.71 bits per heavy atom. The van der Waals surface area contributed by atoms with E-state index in [0.717, 1.165) is 11.4 Å². The van der Waals surface area contributed by atoms with Crippen molar-refractivity contribution in [3.8, 4) is 11.4 Å². The number of imidazole rings is 1. The molecule has 0 aliphatic heterocycles. The molecule has 3 rings (SSSR count). The summed E-state index contributed by atoms with van der Waals surface area (Å²) in [5.41, 5.74) is 1.83. The highest BCUT2D eigenvalue weighted by Gasteiger charge is 1.95. The summed E-state index contributed by atoms with van der Waals surface area (Å²) < 4.78 is 0. The molecule has 0 fully saturated rings. The van der Waals surface area contributed by atoms with Crippen LogP contribution in [0.15, 0.2) is 67.5 Å². The zero-order valence-electron chi connectivity index (χ0n) is 9.19. The lowest BCUT2D eigenvalue weighted by Crippen LogP contribution is -1.83. The van der Waals surface area contributed by atoms with Crippen LogP contribution >= 0.6 is 0 Å². The number of H-pyrrole nitrogens is 1. The average Bonchev–Trinajstić information content (AvgIpc) is 3.00. The van der Waals surface area contributed by atoms with Crippen LogP contribution in [0.2, 0.25) is 0 Å². The Balaban J connectivity index is 0.000000181. The van der Waals surface area contributed by atoms with Crippen LogP contribution < -0.4 is 0 Å². The summed E-state index contributed by atoms with van der Waals surface area (Å²) in [4.78, 5) is 14.8. The zero-order chi connectivity index (χ0) is 11.8. The van der Waals surface area contributed by atoms with Crippen molar-refractivity contribution < 1.29 is 0 Å². The van der Waals surface area contributed by atoms with Crippen molar-refractivity contribution in [3.05, 3.63) is 67.5 Å². The van der Waals surface area contributed by atoms with Crippen molar-refractivity contribution in [2.45, 2.75) is 0 Å². The monoisotopic (exact) mass is 224 g/mol. The van der Waals surface area contributed by atoms with Gasteiger partial charge in [-0.3, -0.25) is 9.97 Å². The maximum atomic E-state index is 4.19. The second kappa shape index (κ2) is 6.17. The minimum Gasteiger partial charge on any atom is -0.351 e. The van der Waals surface area contributed by atoms with Crippen LogP contribution in [0.1, 0.15) is 0 Å². The molecule has 17 heavy (non-hydrogen) atoms. The van der Waals surface area contributed by atoms with Gasteiger partial charge in [-0.05, 0) is 24.3 Å². The lowest BCUT2D eigenvalue weighted by molar-refractivity contribution is 1.25. The minimum absolute atomic E-state index is 0.915. The second-order valence-corrected chi connectivity index (χ2v) is 3.19. The maximum absolute atomic E-state index is 4.19. The van der Waals surface area contributed by atoms with E-state index in [1.165, 1.54) is 0 Å². The van der Waals surface area contributed by atoms with Gasteiger partial charge in [0, 0.05) is 24.8 Å². The Bertz CT molecular complexity index is 451. The third kappa shape index (κ3) is 3.53. The fourth-order valence-corrected chi connectivity index (χ4v) is 1.24. The van der Waals surface area contributed by atoms with Crippen LogP contribution in [0.3, 0.4) is 0 Å². The van der Waals surface area contributed by atoms with E-state index in [9.17, 15) is 0 Å². The second-order valence-electron chi connectivity index (χ2n) is 3.19. The van der Waals surface area contributed by atoms with Gasteiger partial charge in [-0.15, -0.1) is 0 Å². The quantitative estimate of drug-likeness (QED) is 0.691. The predicted octanol–water partition coefficient (Wildman–Crippen LogP) is 2.55. The zero-order valence-corrected chi connectivity index (χ0v) is 9.19. The van der Waals surface area contributed by atoms with Crippen molar-refractivity contribution in [2.24, 2.45) is 0 Å². The molecule has 0 saturated carbocycles. The molecule has 1 N–H and O–H groups in total. The number of rotatable bonds is 1. The van der Waals surface area contributed by atoms with E-state index in [-0.39, 0.29) is 0 Å². The molecular weight excluding hydrogens is 212 g/mol. The van der Waals surface area contributed by atoms with Crippen molar-refractivity contribution in [1.82, 2.24) is 19.9 Å². The molecule has 3 aromatic rings. The molecule has 84 valence electrons. The number of aromatic nitrogens is 4. The smallest absolute Gasteiger partial charge is 0.0919 e. The highest BCUT2D eigenvalue weighted by molar-refractivity contribution is 5.52. The van der Waals surface area contributed by atoms with E-state index in [2.05, 4.69) is 19.9 Å². The van der Waals surface area contributed by atoms with Gasteiger partial charge in [-0.2, -0.15) is 0 Å². The highest BCUT2D eigenvalue weighted by atomic mass is 14.8. The number of aromatic amines is 1. The number of nitrogens with one attached hydrogen (secondary N) is 1. The molecular formula is C13H12N4. The molecule has 0 spiro atoms. The first-order valence-electron chi connectivity index (χ1n) is 5.22. The van der Waals surface area contributed by atoms with Crippen molar-refractivity contribution in [3.63, 3.8) is 0 Å². The Labute approximate surface area is 99.4 Å². The van der Waals surface area contributed by atoms with Crippen molar-refractivity contribution in [2.75, 3.05) is 0 Å². The minimum atomic E-state index is 0.915.